The highest BCUT2D eigenvalue weighted by Gasteiger charge is 2.14. The molecule has 0 radical (unpaired) electrons. The molecule has 1 heterocycles. The molecule has 2 aromatic carbocycles. The number of carbonyl (C=O) groups is 2. The Hall–Kier alpha value is -3.39. The first-order valence-electron chi connectivity index (χ1n) is 9.87. The predicted octanol–water partition coefficient (Wildman–Crippen LogP) is 3.96. The fraction of sp³-hybridized carbons (Fsp3) is 0.217. The van der Waals surface area contributed by atoms with Gasteiger partial charge in [0, 0.05) is 18.7 Å². The first-order valence-corrected chi connectivity index (χ1v) is 10.9. The maximum atomic E-state index is 12.4. The van der Waals surface area contributed by atoms with E-state index in [0.717, 1.165) is 11.4 Å². The number of benzene rings is 2. The number of ether oxygens (including phenoxy) is 1. The number of allylic oxidation sites excluding steroid dienone is 1. The van der Waals surface area contributed by atoms with E-state index in [2.05, 4.69) is 22.1 Å². The summed E-state index contributed by atoms with van der Waals surface area (Å²) in [5.41, 5.74) is 2.06. The van der Waals surface area contributed by atoms with Gasteiger partial charge in [-0.05, 0) is 30.7 Å². The molecule has 0 saturated heterocycles. The number of rotatable bonds is 10. The van der Waals surface area contributed by atoms with Crippen LogP contribution in [0.25, 0.3) is 0 Å². The second-order valence-electron chi connectivity index (χ2n) is 6.60. The molecule has 0 atom stereocenters. The van der Waals surface area contributed by atoms with Gasteiger partial charge in [-0.15, -0.1) is 16.8 Å². The van der Waals surface area contributed by atoms with E-state index in [0.29, 0.717) is 36.0 Å². The Bertz CT molecular complexity index is 1050. The van der Waals surface area contributed by atoms with Crippen LogP contribution in [0, 0.1) is 0 Å². The zero-order valence-electron chi connectivity index (χ0n) is 17.3. The number of hydrogen-bond donors (Lipinski definition) is 1. The zero-order chi connectivity index (χ0) is 22.1. The number of esters is 1. The second kappa shape index (κ2) is 11.1. The Morgan fingerprint density at radius 2 is 1.97 bits per heavy atom. The van der Waals surface area contributed by atoms with E-state index in [4.69, 9.17) is 4.74 Å². The van der Waals surface area contributed by atoms with E-state index in [9.17, 15) is 9.59 Å². The number of amides is 1. The van der Waals surface area contributed by atoms with Crippen molar-refractivity contribution in [2.24, 2.45) is 0 Å². The van der Waals surface area contributed by atoms with Gasteiger partial charge in [0.25, 0.3) is 0 Å². The van der Waals surface area contributed by atoms with Crippen LogP contribution in [0.5, 0.6) is 0 Å². The lowest BCUT2D eigenvalue weighted by atomic mass is 10.1. The topological polar surface area (TPSA) is 86.1 Å². The number of carbonyl (C=O) groups excluding carboxylic acids is 2. The summed E-state index contributed by atoms with van der Waals surface area (Å²) in [5.74, 6) is 0.348. The summed E-state index contributed by atoms with van der Waals surface area (Å²) in [5, 5.41) is 12.0. The number of thioether (sulfide) groups is 1. The highest BCUT2D eigenvalue weighted by Crippen LogP contribution is 2.20. The molecule has 1 aromatic heterocycles. The molecule has 1 N–H and O–H groups in total. The molecule has 160 valence electrons. The maximum Gasteiger partial charge on any atom is 0.338 e. The molecule has 8 heteroatoms. The number of aromatic nitrogens is 3. The van der Waals surface area contributed by atoms with Crippen LogP contribution >= 0.6 is 11.8 Å². The van der Waals surface area contributed by atoms with Crippen molar-refractivity contribution in [1.29, 1.82) is 0 Å². The van der Waals surface area contributed by atoms with Crippen LogP contribution in [0.2, 0.25) is 0 Å². The average molecular weight is 437 g/mol. The third kappa shape index (κ3) is 6.29. The lowest BCUT2D eigenvalue weighted by Gasteiger charge is -2.09. The Labute approximate surface area is 185 Å². The van der Waals surface area contributed by atoms with Crippen molar-refractivity contribution in [3.63, 3.8) is 0 Å². The van der Waals surface area contributed by atoms with Crippen molar-refractivity contribution in [3.8, 4) is 0 Å². The molecule has 0 aliphatic heterocycles. The van der Waals surface area contributed by atoms with Crippen molar-refractivity contribution in [2.45, 2.75) is 25.0 Å². The van der Waals surface area contributed by atoms with Crippen LogP contribution in [-0.2, 0) is 22.5 Å². The molecule has 0 saturated carbocycles. The third-order valence-corrected chi connectivity index (χ3v) is 5.27. The minimum absolute atomic E-state index is 0.157. The molecular formula is C23H24N4O3S. The summed E-state index contributed by atoms with van der Waals surface area (Å²) in [4.78, 5) is 24.3. The minimum atomic E-state index is -0.420. The van der Waals surface area contributed by atoms with Gasteiger partial charge in [0.05, 0.1) is 17.9 Å². The lowest BCUT2D eigenvalue weighted by Crippen LogP contribution is -2.15. The summed E-state index contributed by atoms with van der Waals surface area (Å²) in [6.07, 6.45) is 2.43. The fourth-order valence-corrected chi connectivity index (χ4v) is 3.68. The summed E-state index contributed by atoms with van der Waals surface area (Å²) in [6.45, 7) is 6.41. The smallest absolute Gasteiger partial charge is 0.338 e. The van der Waals surface area contributed by atoms with Gasteiger partial charge < -0.3 is 14.6 Å². The highest BCUT2D eigenvalue weighted by atomic mass is 32.2. The molecule has 31 heavy (non-hydrogen) atoms. The molecule has 0 bridgehead atoms. The summed E-state index contributed by atoms with van der Waals surface area (Å²) in [7, 11) is 0. The molecule has 3 rings (SSSR count). The molecule has 1 amide bonds. The molecule has 0 fully saturated rings. The van der Waals surface area contributed by atoms with E-state index in [1.165, 1.54) is 11.8 Å². The molecular weight excluding hydrogens is 412 g/mol. The van der Waals surface area contributed by atoms with E-state index in [-0.39, 0.29) is 11.7 Å². The standard InChI is InChI=1S/C23H24N4O3S/c1-3-13-27-20(14-17-9-6-5-7-10-17)25-26-23(27)31-16-21(28)24-19-12-8-11-18(15-19)22(29)30-4-2/h3,5-12,15H,1,4,13-14,16H2,2H3,(H,24,28). The lowest BCUT2D eigenvalue weighted by molar-refractivity contribution is -0.113. The average Bonchev–Trinajstić information content (AvgIpc) is 3.15. The van der Waals surface area contributed by atoms with Crippen molar-refractivity contribution in [3.05, 3.63) is 84.2 Å². The van der Waals surface area contributed by atoms with E-state index >= 15 is 0 Å². The fourth-order valence-electron chi connectivity index (χ4n) is 2.91. The molecule has 0 aliphatic carbocycles. The third-order valence-electron chi connectivity index (χ3n) is 4.30. The van der Waals surface area contributed by atoms with E-state index < -0.39 is 5.97 Å². The Kier molecular flexibility index (Phi) is 8.00. The van der Waals surface area contributed by atoms with Crippen LogP contribution in [0.4, 0.5) is 5.69 Å². The molecule has 3 aromatic rings. The normalized spacial score (nSPS) is 10.5. The second-order valence-corrected chi connectivity index (χ2v) is 7.54. The van der Waals surface area contributed by atoms with Crippen molar-refractivity contribution >= 4 is 29.3 Å². The van der Waals surface area contributed by atoms with Crippen LogP contribution < -0.4 is 5.32 Å². The molecule has 0 aliphatic rings. The van der Waals surface area contributed by atoms with Gasteiger partial charge in [-0.1, -0.05) is 54.2 Å². The van der Waals surface area contributed by atoms with Crippen molar-refractivity contribution in [1.82, 2.24) is 14.8 Å². The quantitative estimate of drug-likeness (QED) is 0.294. The number of nitrogens with one attached hydrogen (secondary N) is 1. The highest BCUT2D eigenvalue weighted by molar-refractivity contribution is 7.99. The number of anilines is 1. The van der Waals surface area contributed by atoms with Gasteiger partial charge >= 0.3 is 5.97 Å². The van der Waals surface area contributed by atoms with Crippen LogP contribution in [-0.4, -0.2) is 39.0 Å². The van der Waals surface area contributed by atoms with Gasteiger partial charge in [-0.25, -0.2) is 4.79 Å². The Morgan fingerprint density at radius 3 is 2.71 bits per heavy atom. The molecule has 0 unspecified atom stereocenters. The van der Waals surface area contributed by atoms with Crippen molar-refractivity contribution < 1.29 is 14.3 Å². The minimum Gasteiger partial charge on any atom is -0.462 e. The van der Waals surface area contributed by atoms with Gasteiger partial charge in [0.2, 0.25) is 5.91 Å². The first-order chi connectivity index (χ1) is 15.1. The van der Waals surface area contributed by atoms with E-state index in [1.54, 1.807) is 37.3 Å². The SMILES string of the molecule is C=CCn1c(Cc2ccccc2)nnc1SCC(=O)Nc1cccc(C(=O)OCC)c1. The summed E-state index contributed by atoms with van der Waals surface area (Å²) >= 11 is 1.30. The largest absolute Gasteiger partial charge is 0.462 e. The van der Waals surface area contributed by atoms with Crippen molar-refractivity contribution in [2.75, 3.05) is 17.7 Å². The summed E-state index contributed by atoms with van der Waals surface area (Å²) in [6, 6.07) is 16.7. The maximum absolute atomic E-state index is 12.4. The van der Waals surface area contributed by atoms with Gasteiger partial charge in [-0.2, -0.15) is 0 Å². The Morgan fingerprint density at radius 1 is 1.16 bits per heavy atom. The summed E-state index contributed by atoms with van der Waals surface area (Å²) < 4.78 is 6.95. The molecule has 7 nitrogen and oxygen atoms in total. The van der Waals surface area contributed by atoms with E-state index in [1.807, 2.05) is 34.9 Å². The van der Waals surface area contributed by atoms with Gasteiger partial charge in [0.1, 0.15) is 5.82 Å². The number of hydrogen-bond acceptors (Lipinski definition) is 6. The van der Waals surface area contributed by atoms with Crippen LogP contribution in [0.1, 0.15) is 28.7 Å². The number of nitrogens with zero attached hydrogens (tertiary/aromatic N) is 3. The monoisotopic (exact) mass is 436 g/mol. The first kappa shape index (κ1) is 22.3. The molecule has 0 spiro atoms. The predicted molar refractivity (Wildman–Crippen MR) is 121 cm³/mol. The zero-order valence-corrected chi connectivity index (χ0v) is 18.1. The Balaban J connectivity index is 1.63. The van der Waals surface area contributed by atoms with Crippen LogP contribution in [0.3, 0.4) is 0 Å². The van der Waals surface area contributed by atoms with Gasteiger partial charge in [-0.3, -0.25) is 4.79 Å². The van der Waals surface area contributed by atoms with Gasteiger partial charge in [0.15, 0.2) is 5.16 Å². The van der Waals surface area contributed by atoms with Crippen LogP contribution in [0.15, 0.2) is 72.4 Å².